The molecule has 0 saturated carbocycles. The summed E-state index contributed by atoms with van der Waals surface area (Å²) in [5.74, 6) is -1.85. The zero-order chi connectivity index (χ0) is 11.7. The lowest BCUT2D eigenvalue weighted by Gasteiger charge is -2.01. The van der Waals surface area contributed by atoms with Crippen molar-refractivity contribution in [3.63, 3.8) is 0 Å². The molecule has 0 bridgehead atoms. The molecule has 0 fully saturated rings. The Bertz CT molecular complexity index is 243. The number of carbonyl (C=O) groups excluding carboxylic acids is 3. The van der Waals surface area contributed by atoms with Crippen LogP contribution >= 0.6 is 11.9 Å². The van der Waals surface area contributed by atoms with Gasteiger partial charge in [-0.3, -0.25) is 14.3 Å². The first-order valence-electron chi connectivity index (χ1n) is 4.35. The third kappa shape index (κ3) is 7.06. The zero-order valence-corrected chi connectivity index (χ0v) is 9.13. The van der Waals surface area contributed by atoms with Crippen molar-refractivity contribution in [1.82, 2.24) is 4.72 Å². The van der Waals surface area contributed by atoms with Gasteiger partial charge in [-0.25, -0.2) is 4.79 Å². The molecule has 0 aromatic carbocycles. The third-order valence-electron chi connectivity index (χ3n) is 1.21. The van der Waals surface area contributed by atoms with E-state index in [2.05, 4.69) is 9.46 Å². The number of hydrogen-bond donors (Lipinski definition) is 2. The van der Waals surface area contributed by atoms with Crippen LogP contribution in [-0.4, -0.2) is 41.7 Å². The van der Waals surface area contributed by atoms with Crippen molar-refractivity contribution in [3.05, 3.63) is 0 Å². The van der Waals surface area contributed by atoms with Crippen LogP contribution in [0, 0.1) is 0 Å². The average Bonchev–Trinajstić information content (AvgIpc) is 2.18. The van der Waals surface area contributed by atoms with Crippen molar-refractivity contribution in [2.45, 2.75) is 13.3 Å². The standard InChI is InChI=1S/C8H13NO5S/c1-2-14-8(13)6(11)5-7(12)15-9-3-4-10/h9-10H,2-5H2,1H3. The Labute approximate surface area is 91.5 Å². The molecule has 0 aromatic rings. The number of Topliss-reactive ketones (excluding diaryl/α,β-unsaturated/α-hetero) is 1. The summed E-state index contributed by atoms with van der Waals surface area (Å²) < 4.78 is 6.94. The highest BCUT2D eigenvalue weighted by atomic mass is 32.2. The molecule has 2 N–H and O–H groups in total. The van der Waals surface area contributed by atoms with E-state index in [0.29, 0.717) is 11.9 Å². The Balaban J connectivity index is 3.76. The topological polar surface area (TPSA) is 92.7 Å². The quantitative estimate of drug-likeness (QED) is 0.197. The Morgan fingerprint density at radius 1 is 1.40 bits per heavy atom. The molecule has 0 heterocycles. The third-order valence-corrected chi connectivity index (χ3v) is 1.93. The van der Waals surface area contributed by atoms with Gasteiger partial charge in [0, 0.05) is 6.54 Å². The highest BCUT2D eigenvalue weighted by molar-refractivity contribution is 8.12. The number of carbonyl (C=O) groups is 3. The van der Waals surface area contributed by atoms with Crippen molar-refractivity contribution < 1.29 is 24.2 Å². The van der Waals surface area contributed by atoms with E-state index in [1.165, 1.54) is 0 Å². The molecular formula is C8H13NO5S. The van der Waals surface area contributed by atoms with E-state index in [0.717, 1.165) is 0 Å². The number of esters is 1. The Hall–Kier alpha value is -0.920. The van der Waals surface area contributed by atoms with E-state index in [1.807, 2.05) is 0 Å². The van der Waals surface area contributed by atoms with Gasteiger partial charge in [0.1, 0.15) is 0 Å². The van der Waals surface area contributed by atoms with Crippen molar-refractivity contribution in [3.8, 4) is 0 Å². The monoisotopic (exact) mass is 235 g/mol. The normalized spacial score (nSPS) is 9.73. The molecule has 6 nitrogen and oxygen atoms in total. The fraction of sp³-hybridized carbons (Fsp3) is 0.625. The molecule has 0 unspecified atom stereocenters. The van der Waals surface area contributed by atoms with Crippen LogP contribution in [0.5, 0.6) is 0 Å². The first-order chi connectivity index (χ1) is 7.11. The predicted molar refractivity (Wildman–Crippen MR) is 53.9 cm³/mol. The summed E-state index contributed by atoms with van der Waals surface area (Å²) in [6.07, 6.45) is -0.498. The minimum Gasteiger partial charge on any atom is -0.460 e. The minimum atomic E-state index is -0.992. The van der Waals surface area contributed by atoms with E-state index in [4.69, 9.17) is 5.11 Å². The lowest BCUT2D eigenvalue weighted by Crippen LogP contribution is -2.21. The van der Waals surface area contributed by atoms with Gasteiger partial charge in [-0.2, -0.15) is 0 Å². The van der Waals surface area contributed by atoms with E-state index in [-0.39, 0.29) is 19.8 Å². The summed E-state index contributed by atoms with van der Waals surface area (Å²) in [6, 6.07) is 0. The molecule has 0 radical (unpaired) electrons. The molecule has 0 rings (SSSR count). The van der Waals surface area contributed by atoms with Gasteiger partial charge in [-0.05, 0) is 18.9 Å². The molecule has 0 aliphatic carbocycles. The second-order valence-corrected chi connectivity index (χ2v) is 3.36. The SMILES string of the molecule is CCOC(=O)C(=O)CC(=O)SNCCO. The maximum Gasteiger partial charge on any atom is 0.375 e. The highest BCUT2D eigenvalue weighted by Gasteiger charge is 2.18. The summed E-state index contributed by atoms with van der Waals surface area (Å²) in [6.45, 7) is 1.81. The Morgan fingerprint density at radius 2 is 2.07 bits per heavy atom. The molecule has 0 atom stereocenters. The van der Waals surface area contributed by atoms with Crippen molar-refractivity contribution in [2.75, 3.05) is 19.8 Å². The lowest BCUT2D eigenvalue weighted by atomic mass is 10.3. The number of nitrogens with one attached hydrogen (secondary N) is 1. The van der Waals surface area contributed by atoms with Crippen LogP contribution < -0.4 is 4.72 Å². The van der Waals surface area contributed by atoms with Gasteiger partial charge in [-0.15, -0.1) is 0 Å². The molecule has 0 aliphatic rings. The van der Waals surface area contributed by atoms with Gasteiger partial charge in [0.25, 0.3) is 0 Å². The van der Waals surface area contributed by atoms with Crippen LogP contribution in [0.25, 0.3) is 0 Å². The smallest absolute Gasteiger partial charge is 0.375 e. The first-order valence-corrected chi connectivity index (χ1v) is 5.16. The van der Waals surface area contributed by atoms with Crippen LogP contribution in [0.4, 0.5) is 0 Å². The van der Waals surface area contributed by atoms with Crippen LogP contribution in [0.1, 0.15) is 13.3 Å². The van der Waals surface area contributed by atoms with Crippen LogP contribution in [0.3, 0.4) is 0 Å². The maximum atomic E-state index is 11.0. The van der Waals surface area contributed by atoms with Gasteiger partial charge < -0.3 is 9.84 Å². The minimum absolute atomic E-state index is 0.105. The zero-order valence-electron chi connectivity index (χ0n) is 8.32. The summed E-state index contributed by atoms with van der Waals surface area (Å²) in [5.41, 5.74) is 0. The van der Waals surface area contributed by atoms with E-state index >= 15 is 0 Å². The second-order valence-electron chi connectivity index (χ2n) is 2.41. The largest absolute Gasteiger partial charge is 0.460 e. The number of ketones is 1. The van der Waals surface area contributed by atoms with Crippen LogP contribution in [-0.2, 0) is 19.1 Å². The van der Waals surface area contributed by atoms with Crippen molar-refractivity contribution in [2.24, 2.45) is 0 Å². The number of aliphatic hydroxyl groups is 1. The van der Waals surface area contributed by atoms with E-state index in [9.17, 15) is 14.4 Å². The van der Waals surface area contributed by atoms with Crippen LogP contribution in [0.15, 0.2) is 0 Å². The fourth-order valence-electron chi connectivity index (χ4n) is 0.628. The molecule has 0 aromatic heterocycles. The Kier molecular flexibility index (Phi) is 7.88. The fourth-order valence-corrected chi connectivity index (χ4v) is 1.19. The molecule has 15 heavy (non-hydrogen) atoms. The summed E-state index contributed by atoms with van der Waals surface area (Å²) in [7, 11) is 0. The molecule has 0 saturated heterocycles. The molecule has 7 heteroatoms. The molecule has 86 valence electrons. The number of aliphatic hydroxyl groups excluding tert-OH is 1. The first kappa shape index (κ1) is 14.1. The predicted octanol–water partition coefficient (Wildman–Crippen LogP) is -0.735. The number of rotatable bonds is 7. The van der Waals surface area contributed by atoms with Crippen molar-refractivity contribution in [1.29, 1.82) is 0 Å². The summed E-state index contributed by atoms with van der Waals surface area (Å²) in [4.78, 5) is 32.8. The van der Waals surface area contributed by atoms with Crippen LogP contribution in [0.2, 0.25) is 0 Å². The number of hydrogen-bond acceptors (Lipinski definition) is 7. The number of ether oxygens (including phenoxy) is 1. The molecule has 0 amide bonds. The molecule has 0 aliphatic heterocycles. The second kappa shape index (κ2) is 8.39. The summed E-state index contributed by atoms with van der Waals surface area (Å²) in [5, 5.41) is 7.91. The highest BCUT2D eigenvalue weighted by Crippen LogP contribution is 2.01. The van der Waals surface area contributed by atoms with Gasteiger partial charge in [0.05, 0.1) is 19.6 Å². The van der Waals surface area contributed by atoms with Gasteiger partial charge in [-0.1, -0.05) is 0 Å². The Morgan fingerprint density at radius 3 is 2.60 bits per heavy atom. The summed E-state index contributed by atoms with van der Waals surface area (Å²) >= 11 is 0.687. The average molecular weight is 235 g/mol. The van der Waals surface area contributed by atoms with Gasteiger partial charge in [0.2, 0.25) is 10.9 Å². The molecule has 0 spiro atoms. The maximum absolute atomic E-state index is 11.0. The van der Waals surface area contributed by atoms with E-state index in [1.54, 1.807) is 6.92 Å². The van der Waals surface area contributed by atoms with E-state index < -0.39 is 23.3 Å². The molecular weight excluding hydrogens is 222 g/mol. The van der Waals surface area contributed by atoms with Gasteiger partial charge >= 0.3 is 5.97 Å². The van der Waals surface area contributed by atoms with Crippen molar-refractivity contribution >= 4 is 28.8 Å². The lowest BCUT2D eigenvalue weighted by molar-refractivity contribution is -0.154. The van der Waals surface area contributed by atoms with Gasteiger partial charge in [0.15, 0.2) is 0 Å².